The fourth-order valence-corrected chi connectivity index (χ4v) is 4.64. The Morgan fingerprint density at radius 2 is 2.00 bits per heavy atom. The lowest BCUT2D eigenvalue weighted by atomic mass is 9.85. The summed E-state index contributed by atoms with van der Waals surface area (Å²) in [5.74, 6) is 1.30. The van der Waals surface area contributed by atoms with Crippen molar-refractivity contribution in [3.63, 3.8) is 0 Å². The largest absolute Gasteiger partial charge is 0.347 e. The zero-order chi connectivity index (χ0) is 18.7. The minimum Gasteiger partial charge on any atom is -0.347 e. The summed E-state index contributed by atoms with van der Waals surface area (Å²) in [6, 6.07) is 3.68. The first-order chi connectivity index (χ1) is 13.0. The highest BCUT2D eigenvalue weighted by Crippen LogP contribution is 2.37. The molecule has 0 radical (unpaired) electrons. The van der Waals surface area contributed by atoms with Gasteiger partial charge in [-0.1, -0.05) is 6.42 Å². The number of hydrogen-bond donors (Lipinski definition) is 0. The van der Waals surface area contributed by atoms with Crippen LogP contribution in [0.15, 0.2) is 27.9 Å². The molecule has 27 heavy (non-hydrogen) atoms. The predicted molar refractivity (Wildman–Crippen MR) is 97.6 cm³/mol. The number of carbonyl (C=O) groups is 1. The van der Waals surface area contributed by atoms with E-state index in [0.717, 1.165) is 12.8 Å². The molecule has 0 N–H and O–H groups in total. The standard InChI is InChI=1S/C19H23N5O3/c1-21-7-3-6-15(21)17(25)22-9-13-10-23-16(14(13)11-22)20-24(19(27)18(23)26)8-12-4-2-5-12/h3,6-7,12-14H,2,4-5,8-11H2,1H3/t13-,14-/m1/s1. The maximum Gasteiger partial charge on any atom is 0.332 e. The van der Waals surface area contributed by atoms with Crippen LogP contribution in [0.2, 0.25) is 0 Å². The molecule has 2 aliphatic heterocycles. The first-order valence-electron chi connectivity index (χ1n) is 9.65. The lowest BCUT2D eigenvalue weighted by molar-refractivity contribution is 0.0773. The first-order valence-corrected chi connectivity index (χ1v) is 9.65. The normalized spacial score (nSPS) is 24.0. The van der Waals surface area contributed by atoms with Crippen LogP contribution in [0.1, 0.15) is 41.5 Å². The van der Waals surface area contributed by atoms with E-state index in [9.17, 15) is 14.4 Å². The second-order valence-electron chi connectivity index (χ2n) is 8.14. The van der Waals surface area contributed by atoms with Crippen molar-refractivity contribution in [1.82, 2.24) is 23.8 Å². The van der Waals surface area contributed by atoms with Crippen LogP contribution in [0.3, 0.4) is 0 Å². The fraction of sp³-hybridized carbons (Fsp3) is 0.579. The number of rotatable bonds is 3. The summed E-state index contributed by atoms with van der Waals surface area (Å²) >= 11 is 0. The first kappa shape index (κ1) is 16.5. The molecule has 0 spiro atoms. The average molecular weight is 369 g/mol. The summed E-state index contributed by atoms with van der Waals surface area (Å²) in [7, 11) is 1.86. The Hall–Kier alpha value is -2.64. The molecule has 142 valence electrons. The number of carbonyl (C=O) groups excluding carboxylic acids is 1. The van der Waals surface area contributed by atoms with Crippen LogP contribution in [-0.4, -0.2) is 42.8 Å². The monoisotopic (exact) mass is 369 g/mol. The van der Waals surface area contributed by atoms with Gasteiger partial charge in [0.05, 0.1) is 0 Å². The van der Waals surface area contributed by atoms with E-state index in [4.69, 9.17) is 0 Å². The van der Waals surface area contributed by atoms with Crippen molar-refractivity contribution in [2.45, 2.75) is 38.3 Å². The summed E-state index contributed by atoms with van der Waals surface area (Å²) in [6.45, 7) is 2.14. The molecule has 1 saturated heterocycles. The summed E-state index contributed by atoms with van der Waals surface area (Å²) in [5.41, 5.74) is -0.313. The quantitative estimate of drug-likeness (QED) is 0.734. The SMILES string of the molecule is Cn1cccc1C(=O)N1C[C@@H]2Cn3c(nn(CC4CCC4)c(=O)c3=O)[C@@H]2C1. The van der Waals surface area contributed by atoms with Gasteiger partial charge < -0.3 is 9.47 Å². The highest BCUT2D eigenvalue weighted by molar-refractivity contribution is 5.93. The van der Waals surface area contributed by atoms with Gasteiger partial charge in [-0.25, -0.2) is 4.68 Å². The second kappa shape index (κ2) is 5.94. The van der Waals surface area contributed by atoms with Crippen molar-refractivity contribution >= 4 is 5.91 Å². The van der Waals surface area contributed by atoms with Crippen LogP contribution >= 0.6 is 0 Å². The van der Waals surface area contributed by atoms with Crippen LogP contribution in [0.5, 0.6) is 0 Å². The fourth-order valence-electron chi connectivity index (χ4n) is 4.64. The number of aromatic nitrogens is 4. The molecular formula is C19H23N5O3. The van der Waals surface area contributed by atoms with E-state index in [1.54, 1.807) is 4.57 Å². The Kier molecular flexibility index (Phi) is 3.63. The van der Waals surface area contributed by atoms with Gasteiger partial charge in [0.15, 0.2) is 0 Å². The molecule has 1 saturated carbocycles. The van der Waals surface area contributed by atoms with Gasteiger partial charge in [-0.15, -0.1) is 0 Å². The van der Waals surface area contributed by atoms with Crippen molar-refractivity contribution in [3.8, 4) is 0 Å². The molecule has 1 amide bonds. The number of fused-ring (bicyclic) bond motifs is 3. The zero-order valence-electron chi connectivity index (χ0n) is 15.4. The van der Waals surface area contributed by atoms with Gasteiger partial charge in [0.25, 0.3) is 5.91 Å². The number of aryl methyl sites for hydroxylation is 1. The summed E-state index contributed by atoms with van der Waals surface area (Å²) in [4.78, 5) is 39.6. The highest BCUT2D eigenvalue weighted by atomic mass is 16.2. The molecule has 2 fully saturated rings. The molecule has 1 aliphatic carbocycles. The summed E-state index contributed by atoms with van der Waals surface area (Å²) in [6.07, 6.45) is 5.24. The summed E-state index contributed by atoms with van der Waals surface area (Å²) < 4.78 is 4.74. The van der Waals surface area contributed by atoms with E-state index in [1.807, 2.05) is 34.8 Å². The Bertz CT molecular complexity index is 1030. The van der Waals surface area contributed by atoms with Crippen molar-refractivity contribution < 1.29 is 4.79 Å². The second-order valence-corrected chi connectivity index (χ2v) is 8.14. The van der Waals surface area contributed by atoms with Crippen molar-refractivity contribution in [1.29, 1.82) is 0 Å². The molecule has 0 bridgehead atoms. The van der Waals surface area contributed by atoms with Gasteiger partial charge in [0.2, 0.25) is 0 Å². The smallest absolute Gasteiger partial charge is 0.332 e. The third kappa shape index (κ3) is 2.49. The van der Waals surface area contributed by atoms with Gasteiger partial charge in [-0.3, -0.25) is 19.0 Å². The average Bonchev–Trinajstić information content (AvgIpc) is 3.29. The van der Waals surface area contributed by atoms with E-state index in [2.05, 4.69) is 5.10 Å². The molecule has 8 nitrogen and oxygen atoms in total. The molecule has 5 rings (SSSR count). The molecule has 8 heteroatoms. The van der Waals surface area contributed by atoms with E-state index in [-0.39, 0.29) is 17.7 Å². The highest BCUT2D eigenvalue weighted by Gasteiger charge is 2.44. The molecule has 0 aromatic carbocycles. The third-order valence-corrected chi connectivity index (χ3v) is 6.46. The minimum atomic E-state index is -0.512. The van der Waals surface area contributed by atoms with Gasteiger partial charge in [0, 0.05) is 51.3 Å². The van der Waals surface area contributed by atoms with Crippen molar-refractivity contribution in [2.75, 3.05) is 13.1 Å². The minimum absolute atomic E-state index is 0.00795. The zero-order valence-corrected chi connectivity index (χ0v) is 15.4. The molecule has 3 aliphatic rings. The number of hydrogen-bond acceptors (Lipinski definition) is 4. The third-order valence-electron chi connectivity index (χ3n) is 6.46. The van der Waals surface area contributed by atoms with Crippen LogP contribution in [0.4, 0.5) is 0 Å². The lowest BCUT2D eigenvalue weighted by Crippen LogP contribution is -2.45. The van der Waals surface area contributed by atoms with E-state index < -0.39 is 11.1 Å². The number of nitrogens with zero attached hydrogens (tertiary/aromatic N) is 5. The Morgan fingerprint density at radius 3 is 2.67 bits per heavy atom. The van der Waals surface area contributed by atoms with Crippen LogP contribution in [-0.2, 0) is 20.1 Å². The lowest BCUT2D eigenvalue weighted by Gasteiger charge is -2.25. The molecule has 2 aromatic rings. The van der Waals surface area contributed by atoms with Gasteiger partial charge in [-0.2, -0.15) is 5.10 Å². The topological polar surface area (TPSA) is 82.1 Å². The van der Waals surface area contributed by atoms with Gasteiger partial charge in [-0.05, 0) is 30.9 Å². The van der Waals surface area contributed by atoms with E-state index >= 15 is 0 Å². The molecule has 4 heterocycles. The Labute approximate surface area is 156 Å². The predicted octanol–water partition coefficient (Wildman–Crippen LogP) is 0.413. The van der Waals surface area contributed by atoms with Crippen LogP contribution in [0.25, 0.3) is 0 Å². The molecule has 2 aromatic heterocycles. The van der Waals surface area contributed by atoms with Crippen molar-refractivity contribution in [2.24, 2.45) is 18.9 Å². The van der Waals surface area contributed by atoms with E-state index in [1.165, 1.54) is 11.1 Å². The maximum atomic E-state index is 12.8. The van der Waals surface area contributed by atoms with Crippen LogP contribution < -0.4 is 11.1 Å². The molecule has 2 atom stereocenters. The Morgan fingerprint density at radius 1 is 1.19 bits per heavy atom. The molecule has 0 unspecified atom stereocenters. The van der Waals surface area contributed by atoms with Crippen LogP contribution in [0, 0.1) is 11.8 Å². The summed E-state index contributed by atoms with van der Waals surface area (Å²) in [5, 5.41) is 4.58. The Balaban J connectivity index is 1.44. The number of likely N-dealkylation sites (tertiary alicyclic amines) is 1. The van der Waals surface area contributed by atoms with Gasteiger partial charge in [0.1, 0.15) is 11.5 Å². The van der Waals surface area contributed by atoms with E-state index in [0.29, 0.717) is 43.6 Å². The van der Waals surface area contributed by atoms with Gasteiger partial charge >= 0.3 is 11.1 Å². The maximum absolute atomic E-state index is 12.8. The molecular weight excluding hydrogens is 346 g/mol. The number of amides is 1. The van der Waals surface area contributed by atoms with Crippen molar-refractivity contribution in [3.05, 3.63) is 50.6 Å².